The van der Waals surface area contributed by atoms with Crippen LogP contribution in [-0.2, 0) is 0 Å². The molecule has 0 unspecified atom stereocenters. The number of nitrogen functional groups attached to an aromatic ring is 1. The summed E-state index contributed by atoms with van der Waals surface area (Å²) < 4.78 is 5.40. The molecule has 0 fully saturated rings. The lowest BCUT2D eigenvalue weighted by molar-refractivity contribution is 0.339. The smallest absolute Gasteiger partial charge is 0.138 e. The summed E-state index contributed by atoms with van der Waals surface area (Å²) in [5.41, 5.74) is 8.36. The summed E-state index contributed by atoms with van der Waals surface area (Å²) >= 11 is 5.96. The molecule has 1 aromatic carbocycles. The zero-order valence-electron chi connectivity index (χ0n) is 9.48. The van der Waals surface area contributed by atoms with E-state index in [-0.39, 0.29) is 0 Å². The molecule has 2 rings (SSSR count). The number of nitrogens with two attached hydrogens (primary N) is 1. The van der Waals surface area contributed by atoms with Crippen molar-refractivity contribution in [1.29, 1.82) is 0 Å². The van der Waals surface area contributed by atoms with Crippen molar-refractivity contribution in [2.45, 2.75) is 6.92 Å². The fraction of sp³-hybridized carbons (Fsp3) is 0.154. The highest BCUT2D eigenvalue weighted by Gasteiger charge is 2.05. The topological polar surface area (TPSA) is 48.1 Å². The number of halogens is 1. The molecule has 0 aliphatic heterocycles. The van der Waals surface area contributed by atoms with Gasteiger partial charge in [0.15, 0.2) is 0 Å². The number of rotatable bonds is 3. The molecule has 0 aliphatic rings. The van der Waals surface area contributed by atoms with Crippen molar-refractivity contribution in [2.24, 2.45) is 0 Å². The summed E-state index contributed by atoms with van der Waals surface area (Å²) in [7, 11) is 0. The highest BCUT2D eigenvalue weighted by molar-refractivity contribution is 6.31. The average molecular weight is 249 g/mol. The van der Waals surface area contributed by atoms with Crippen LogP contribution < -0.4 is 10.5 Å². The maximum Gasteiger partial charge on any atom is 0.138 e. The molecule has 3 nitrogen and oxygen atoms in total. The van der Waals surface area contributed by atoms with Gasteiger partial charge in [-0.05, 0) is 31.2 Å². The highest BCUT2D eigenvalue weighted by atomic mass is 35.5. The Labute approximate surface area is 105 Å². The van der Waals surface area contributed by atoms with Crippen LogP contribution >= 0.6 is 11.6 Å². The van der Waals surface area contributed by atoms with Gasteiger partial charge in [0, 0.05) is 28.0 Å². The second kappa shape index (κ2) is 5.06. The Balaban J connectivity index is 2.45. The van der Waals surface area contributed by atoms with Crippen LogP contribution in [0.25, 0.3) is 11.1 Å². The SMILES string of the molecule is CCOc1cncc(-c2cc(Cl)ccc2N)c1. The number of ether oxygens (including phenoxy) is 1. The van der Waals surface area contributed by atoms with E-state index in [1.54, 1.807) is 24.5 Å². The van der Waals surface area contributed by atoms with Gasteiger partial charge in [0.25, 0.3) is 0 Å². The van der Waals surface area contributed by atoms with Crippen LogP contribution in [0.2, 0.25) is 5.02 Å². The summed E-state index contributed by atoms with van der Waals surface area (Å²) in [6, 6.07) is 7.27. The molecular weight excluding hydrogens is 236 g/mol. The quantitative estimate of drug-likeness (QED) is 0.847. The molecule has 2 aromatic rings. The summed E-state index contributed by atoms with van der Waals surface area (Å²) in [5, 5.41) is 0.649. The molecule has 0 atom stereocenters. The highest BCUT2D eigenvalue weighted by Crippen LogP contribution is 2.30. The number of aromatic nitrogens is 1. The fourth-order valence-electron chi connectivity index (χ4n) is 1.59. The Hall–Kier alpha value is -1.74. The first-order valence-corrected chi connectivity index (χ1v) is 5.71. The van der Waals surface area contributed by atoms with E-state index in [9.17, 15) is 0 Å². The lowest BCUT2D eigenvalue weighted by atomic mass is 10.1. The van der Waals surface area contributed by atoms with Crippen LogP contribution in [0, 0.1) is 0 Å². The first-order valence-electron chi connectivity index (χ1n) is 5.34. The van der Waals surface area contributed by atoms with Crippen LogP contribution in [0.3, 0.4) is 0 Å². The predicted octanol–water partition coefficient (Wildman–Crippen LogP) is 3.38. The van der Waals surface area contributed by atoms with Gasteiger partial charge in [-0.2, -0.15) is 0 Å². The van der Waals surface area contributed by atoms with Gasteiger partial charge in [-0.1, -0.05) is 11.6 Å². The van der Waals surface area contributed by atoms with E-state index in [0.29, 0.717) is 17.3 Å². The molecule has 0 spiro atoms. The Kier molecular flexibility index (Phi) is 3.49. The molecule has 1 aromatic heterocycles. The molecule has 88 valence electrons. The molecule has 4 heteroatoms. The van der Waals surface area contributed by atoms with E-state index in [4.69, 9.17) is 22.1 Å². The van der Waals surface area contributed by atoms with Gasteiger partial charge in [0.05, 0.1) is 12.8 Å². The van der Waals surface area contributed by atoms with E-state index in [1.807, 2.05) is 19.1 Å². The van der Waals surface area contributed by atoms with E-state index in [2.05, 4.69) is 4.98 Å². The number of hydrogen-bond donors (Lipinski definition) is 1. The van der Waals surface area contributed by atoms with E-state index >= 15 is 0 Å². The minimum absolute atomic E-state index is 0.607. The van der Waals surface area contributed by atoms with Crippen molar-refractivity contribution >= 4 is 17.3 Å². The summed E-state index contributed by atoms with van der Waals surface area (Å²) in [5.74, 6) is 0.726. The third-order valence-electron chi connectivity index (χ3n) is 2.35. The van der Waals surface area contributed by atoms with E-state index < -0.39 is 0 Å². The van der Waals surface area contributed by atoms with Crippen molar-refractivity contribution in [3.8, 4) is 16.9 Å². The Bertz CT molecular complexity index is 529. The van der Waals surface area contributed by atoms with Crippen molar-refractivity contribution in [2.75, 3.05) is 12.3 Å². The lowest BCUT2D eigenvalue weighted by Gasteiger charge is -2.08. The van der Waals surface area contributed by atoms with Crippen molar-refractivity contribution < 1.29 is 4.74 Å². The fourth-order valence-corrected chi connectivity index (χ4v) is 1.76. The van der Waals surface area contributed by atoms with E-state index in [1.165, 1.54) is 0 Å². The molecule has 0 saturated heterocycles. The molecule has 2 N–H and O–H groups in total. The summed E-state index contributed by atoms with van der Waals surface area (Å²) in [6.45, 7) is 2.54. The second-order valence-corrected chi connectivity index (χ2v) is 4.01. The van der Waals surface area contributed by atoms with Gasteiger partial charge in [0.1, 0.15) is 5.75 Å². The normalized spacial score (nSPS) is 10.2. The van der Waals surface area contributed by atoms with Crippen LogP contribution in [0.5, 0.6) is 5.75 Å². The zero-order chi connectivity index (χ0) is 12.3. The maximum atomic E-state index is 5.96. The Morgan fingerprint density at radius 1 is 1.29 bits per heavy atom. The minimum atomic E-state index is 0.607. The molecular formula is C13H13ClN2O. The predicted molar refractivity (Wildman–Crippen MR) is 70.3 cm³/mol. The first-order chi connectivity index (χ1) is 8.20. The zero-order valence-corrected chi connectivity index (χ0v) is 10.2. The molecule has 0 radical (unpaired) electrons. The molecule has 0 saturated carbocycles. The van der Waals surface area contributed by atoms with Gasteiger partial charge < -0.3 is 10.5 Å². The van der Waals surface area contributed by atoms with Crippen molar-refractivity contribution in [3.63, 3.8) is 0 Å². The average Bonchev–Trinajstić information content (AvgIpc) is 2.33. The third-order valence-corrected chi connectivity index (χ3v) is 2.59. The van der Waals surface area contributed by atoms with Crippen molar-refractivity contribution in [3.05, 3.63) is 41.7 Å². The number of pyridine rings is 1. The maximum absolute atomic E-state index is 5.96. The van der Waals surface area contributed by atoms with Gasteiger partial charge in [-0.25, -0.2) is 0 Å². The number of nitrogens with zero attached hydrogens (tertiary/aromatic N) is 1. The molecule has 17 heavy (non-hydrogen) atoms. The Morgan fingerprint density at radius 3 is 2.88 bits per heavy atom. The first kappa shape index (κ1) is 11.7. The summed E-state index contributed by atoms with van der Waals surface area (Å²) in [6.07, 6.45) is 3.41. The van der Waals surface area contributed by atoms with Crippen LogP contribution in [0.1, 0.15) is 6.92 Å². The van der Waals surface area contributed by atoms with Gasteiger partial charge in [-0.15, -0.1) is 0 Å². The standard InChI is InChI=1S/C13H13ClN2O/c1-2-17-11-5-9(7-16-8-11)12-6-10(14)3-4-13(12)15/h3-8H,2,15H2,1H3. The van der Waals surface area contributed by atoms with Crippen LogP contribution in [0.15, 0.2) is 36.7 Å². The molecule has 0 amide bonds. The van der Waals surface area contributed by atoms with Gasteiger partial charge >= 0.3 is 0 Å². The third kappa shape index (κ3) is 2.68. The molecule has 0 bridgehead atoms. The van der Waals surface area contributed by atoms with Crippen molar-refractivity contribution in [1.82, 2.24) is 4.98 Å². The monoisotopic (exact) mass is 248 g/mol. The number of benzene rings is 1. The molecule has 0 aliphatic carbocycles. The lowest BCUT2D eigenvalue weighted by Crippen LogP contribution is -1.94. The second-order valence-electron chi connectivity index (χ2n) is 3.57. The summed E-state index contributed by atoms with van der Waals surface area (Å²) in [4.78, 5) is 4.13. The number of anilines is 1. The Morgan fingerprint density at radius 2 is 2.12 bits per heavy atom. The van der Waals surface area contributed by atoms with Crippen LogP contribution in [0.4, 0.5) is 5.69 Å². The minimum Gasteiger partial charge on any atom is -0.492 e. The number of hydrogen-bond acceptors (Lipinski definition) is 3. The van der Waals surface area contributed by atoms with Gasteiger partial charge in [-0.3, -0.25) is 4.98 Å². The molecule has 1 heterocycles. The van der Waals surface area contributed by atoms with E-state index in [0.717, 1.165) is 16.9 Å². The van der Waals surface area contributed by atoms with Crippen LogP contribution in [-0.4, -0.2) is 11.6 Å². The van der Waals surface area contributed by atoms with Gasteiger partial charge in [0.2, 0.25) is 0 Å². The largest absolute Gasteiger partial charge is 0.492 e.